The molecule has 0 aliphatic carbocycles. The van der Waals surface area contributed by atoms with Crippen molar-refractivity contribution >= 4 is 11.8 Å². The zero-order valence-corrected chi connectivity index (χ0v) is 21.2. The minimum absolute atomic E-state index is 0.0150. The Morgan fingerprint density at radius 2 is 1.67 bits per heavy atom. The van der Waals surface area contributed by atoms with Gasteiger partial charge in [-0.05, 0) is 40.3 Å². The van der Waals surface area contributed by atoms with Crippen LogP contribution >= 0.6 is 0 Å². The van der Waals surface area contributed by atoms with Crippen LogP contribution in [-0.2, 0) is 35.7 Å². The summed E-state index contributed by atoms with van der Waals surface area (Å²) in [7, 11) is 1.60. The average molecular weight is 487 g/mol. The quantitative estimate of drug-likeness (QED) is 0.468. The molecule has 0 radical (unpaired) electrons. The molecular formula is C30H34N2O4. The topological polar surface area (TPSA) is 67.9 Å². The first-order valence-electron chi connectivity index (χ1n) is 12.4. The van der Waals surface area contributed by atoms with Crippen molar-refractivity contribution < 1.29 is 19.1 Å². The molecule has 1 heterocycles. The van der Waals surface area contributed by atoms with Crippen LogP contribution in [0, 0.1) is 5.92 Å². The molecule has 6 nitrogen and oxygen atoms in total. The van der Waals surface area contributed by atoms with Crippen LogP contribution in [0.25, 0.3) is 0 Å². The molecule has 6 heteroatoms. The molecule has 1 aliphatic rings. The maximum Gasteiger partial charge on any atom is 0.243 e. The van der Waals surface area contributed by atoms with Crippen LogP contribution in [0.3, 0.4) is 0 Å². The first-order chi connectivity index (χ1) is 17.4. The number of hydrogen-bond donors (Lipinski definition) is 1. The van der Waals surface area contributed by atoms with Gasteiger partial charge in [0.25, 0.3) is 0 Å². The number of nitrogens with zero attached hydrogens (tertiary/aromatic N) is 1. The summed E-state index contributed by atoms with van der Waals surface area (Å²) in [6.45, 7) is 5.27. The van der Waals surface area contributed by atoms with Crippen molar-refractivity contribution in [3.8, 4) is 11.5 Å². The molecule has 0 saturated heterocycles. The first-order valence-corrected chi connectivity index (χ1v) is 12.4. The smallest absolute Gasteiger partial charge is 0.243 e. The van der Waals surface area contributed by atoms with Crippen LogP contribution in [0.15, 0.2) is 72.8 Å². The molecule has 0 fully saturated rings. The van der Waals surface area contributed by atoms with E-state index < -0.39 is 6.04 Å². The monoisotopic (exact) mass is 486 g/mol. The highest BCUT2D eigenvalue weighted by Gasteiger charge is 2.34. The normalized spacial score (nSPS) is 14.8. The second kappa shape index (κ2) is 11.8. The second-order valence-corrected chi connectivity index (χ2v) is 9.59. The van der Waals surface area contributed by atoms with E-state index in [1.807, 2.05) is 86.6 Å². The SMILES string of the molecule is COc1cc(CNC(=O)C2Cc3ccccc3CN2C(=O)CC(C)C)ccc1OCc1ccccc1. The van der Waals surface area contributed by atoms with Crippen molar-refractivity contribution in [3.63, 3.8) is 0 Å². The molecule has 1 aliphatic heterocycles. The number of ether oxygens (including phenoxy) is 2. The highest BCUT2D eigenvalue weighted by Crippen LogP contribution is 2.29. The molecule has 3 aromatic rings. The van der Waals surface area contributed by atoms with E-state index in [0.29, 0.717) is 44.0 Å². The molecule has 0 saturated carbocycles. The molecular weight excluding hydrogens is 452 g/mol. The van der Waals surface area contributed by atoms with E-state index in [1.54, 1.807) is 12.0 Å². The lowest BCUT2D eigenvalue weighted by atomic mass is 9.92. The third kappa shape index (κ3) is 6.25. The average Bonchev–Trinajstić information content (AvgIpc) is 2.90. The molecule has 1 unspecified atom stereocenters. The largest absolute Gasteiger partial charge is 0.493 e. The minimum Gasteiger partial charge on any atom is -0.493 e. The Kier molecular flexibility index (Phi) is 8.26. The number of benzene rings is 3. The molecule has 2 amide bonds. The highest BCUT2D eigenvalue weighted by molar-refractivity contribution is 5.88. The number of nitrogens with one attached hydrogen (secondary N) is 1. The fraction of sp³-hybridized carbons (Fsp3) is 0.333. The van der Waals surface area contributed by atoms with Gasteiger partial charge in [-0.3, -0.25) is 9.59 Å². The molecule has 1 N–H and O–H groups in total. The number of carbonyl (C=O) groups excluding carboxylic acids is 2. The van der Waals surface area contributed by atoms with Gasteiger partial charge >= 0.3 is 0 Å². The number of fused-ring (bicyclic) bond motifs is 1. The van der Waals surface area contributed by atoms with E-state index in [1.165, 1.54) is 0 Å². The molecule has 0 bridgehead atoms. The number of rotatable bonds is 9. The van der Waals surface area contributed by atoms with E-state index in [2.05, 4.69) is 5.32 Å². The zero-order chi connectivity index (χ0) is 25.5. The van der Waals surface area contributed by atoms with Gasteiger partial charge in [0, 0.05) is 25.9 Å². The van der Waals surface area contributed by atoms with Crippen LogP contribution in [0.5, 0.6) is 11.5 Å². The molecule has 1 atom stereocenters. The van der Waals surface area contributed by atoms with Crippen molar-refractivity contribution in [2.45, 2.75) is 52.4 Å². The Balaban J connectivity index is 1.43. The van der Waals surface area contributed by atoms with Gasteiger partial charge in [-0.25, -0.2) is 0 Å². The standard InChI is InChI=1S/C30H34N2O4/c1-21(2)15-29(33)32-19-25-12-8-7-11-24(25)17-26(32)30(34)31-18-23-13-14-27(28(16-23)35-3)36-20-22-9-5-4-6-10-22/h4-14,16,21,26H,15,17-20H2,1-3H3,(H,31,34). The first kappa shape index (κ1) is 25.3. The summed E-state index contributed by atoms with van der Waals surface area (Å²) >= 11 is 0. The summed E-state index contributed by atoms with van der Waals surface area (Å²) in [5.41, 5.74) is 4.19. The number of hydrogen-bond acceptors (Lipinski definition) is 4. The summed E-state index contributed by atoms with van der Waals surface area (Å²) in [6.07, 6.45) is 0.940. The van der Waals surface area contributed by atoms with Crippen molar-refractivity contribution in [2.24, 2.45) is 5.92 Å². The van der Waals surface area contributed by atoms with Crippen molar-refractivity contribution in [1.82, 2.24) is 10.2 Å². The van der Waals surface area contributed by atoms with E-state index >= 15 is 0 Å². The maximum atomic E-state index is 13.3. The van der Waals surface area contributed by atoms with Crippen molar-refractivity contribution in [2.75, 3.05) is 7.11 Å². The second-order valence-electron chi connectivity index (χ2n) is 9.59. The van der Waals surface area contributed by atoms with Gasteiger partial charge in [0.05, 0.1) is 7.11 Å². The molecule has 4 rings (SSSR count). The number of carbonyl (C=O) groups is 2. The van der Waals surface area contributed by atoms with Gasteiger partial charge in [-0.15, -0.1) is 0 Å². The lowest BCUT2D eigenvalue weighted by Gasteiger charge is -2.36. The predicted octanol–water partition coefficient (Wildman–Crippen LogP) is 4.89. The van der Waals surface area contributed by atoms with Crippen LogP contribution in [-0.4, -0.2) is 29.9 Å². The van der Waals surface area contributed by atoms with E-state index in [-0.39, 0.29) is 17.7 Å². The Hall–Kier alpha value is -3.80. The lowest BCUT2D eigenvalue weighted by molar-refractivity contribution is -0.142. The Morgan fingerprint density at radius 3 is 2.39 bits per heavy atom. The van der Waals surface area contributed by atoms with Gasteiger partial charge < -0.3 is 19.7 Å². The predicted molar refractivity (Wildman–Crippen MR) is 140 cm³/mol. The summed E-state index contributed by atoms with van der Waals surface area (Å²) < 4.78 is 11.5. The van der Waals surface area contributed by atoms with Gasteiger partial charge in [0.2, 0.25) is 11.8 Å². The summed E-state index contributed by atoms with van der Waals surface area (Å²) in [5.74, 6) is 1.35. The Bertz CT molecular complexity index is 1190. The van der Waals surface area contributed by atoms with Gasteiger partial charge in [-0.2, -0.15) is 0 Å². The third-order valence-corrected chi connectivity index (χ3v) is 6.39. The van der Waals surface area contributed by atoms with Crippen LogP contribution in [0.4, 0.5) is 0 Å². The van der Waals surface area contributed by atoms with Gasteiger partial charge in [0.1, 0.15) is 12.6 Å². The zero-order valence-electron chi connectivity index (χ0n) is 21.2. The molecule has 3 aromatic carbocycles. The number of amides is 2. The molecule has 0 spiro atoms. The van der Waals surface area contributed by atoms with Gasteiger partial charge in [0.15, 0.2) is 11.5 Å². The lowest BCUT2D eigenvalue weighted by Crippen LogP contribution is -2.52. The molecule has 36 heavy (non-hydrogen) atoms. The van der Waals surface area contributed by atoms with Crippen LogP contribution in [0.1, 0.15) is 42.5 Å². The fourth-order valence-electron chi connectivity index (χ4n) is 4.47. The highest BCUT2D eigenvalue weighted by atomic mass is 16.5. The van der Waals surface area contributed by atoms with Crippen LogP contribution in [0.2, 0.25) is 0 Å². The number of methoxy groups -OCH3 is 1. The third-order valence-electron chi connectivity index (χ3n) is 6.39. The Morgan fingerprint density at radius 1 is 0.944 bits per heavy atom. The minimum atomic E-state index is -0.526. The fourth-order valence-corrected chi connectivity index (χ4v) is 4.47. The van der Waals surface area contributed by atoms with E-state index in [9.17, 15) is 9.59 Å². The van der Waals surface area contributed by atoms with Crippen LogP contribution < -0.4 is 14.8 Å². The molecule has 188 valence electrons. The van der Waals surface area contributed by atoms with Crippen molar-refractivity contribution in [3.05, 3.63) is 95.1 Å². The summed E-state index contributed by atoms with van der Waals surface area (Å²) in [6, 6.07) is 23.1. The summed E-state index contributed by atoms with van der Waals surface area (Å²) in [5, 5.41) is 3.04. The summed E-state index contributed by atoms with van der Waals surface area (Å²) in [4.78, 5) is 28.0. The van der Waals surface area contributed by atoms with Gasteiger partial charge in [-0.1, -0.05) is 74.5 Å². The molecule has 0 aromatic heterocycles. The van der Waals surface area contributed by atoms with E-state index in [4.69, 9.17) is 9.47 Å². The van der Waals surface area contributed by atoms with E-state index in [0.717, 1.165) is 22.3 Å². The Labute approximate surface area is 213 Å². The maximum absolute atomic E-state index is 13.3. The van der Waals surface area contributed by atoms with Crippen molar-refractivity contribution in [1.29, 1.82) is 0 Å².